The first-order valence-corrected chi connectivity index (χ1v) is 8.55. The van der Waals surface area contributed by atoms with Crippen molar-refractivity contribution in [3.05, 3.63) is 59.2 Å². The minimum atomic E-state index is -0.369. The van der Waals surface area contributed by atoms with Crippen LogP contribution in [0.4, 0.5) is 0 Å². The van der Waals surface area contributed by atoms with Gasteiger partial charge in [0.05, 0.1) is 12.1 Å². The molecule has 2 aliphatic rings. The summed E-state index contributed by atoms with van der Waals surface area (Å²) in [5.41, 5.74) is 2.43. The summed E-state index contributed by atoms with van der Waals surface area (Å²) in [6.07, 6.45) is 2.12. The molecule has 0 atom stereocenters. The number of amides is 1. The highest BCUT2D eigenvalue weighted by molar-refractivity contribution is 5.92. The largest absolute Gasteiger partial charge is 0.460 e. The number of ether oxygens (including phenoxy) is 2. The Morgan fingerprint density at radius 1 is 1.12 bits per heavy atom. The van der Waals surface area contributed by atoms with E-state index in [2.05, 4.69) is 0 Å². The number of nitrogens with zero attached hydrogens (tertiary/aromatic N) is 1. The lowest BCUT2D eigenvalue weighted by Gasteiger charge is -2.22. The van der Waals surface area contributed by atoms with Crippen LogP contribution in [-0.2, 0) is 16.0 Å². The van der Waals surface area contributed by atoms with Crippen LogP contribution in [0.25, 0.3) is 0 Å². The van der Waals surface area contributed by atoms with Crippen molar-refractivity contribution in [2.75, 3.05) is 19.7 Å². The fourth-order valence-corrected chi connectivity index (χ4v) is 3.36. The maximum Gasteiger partial charge on any atom is 0.338 e. The quantitative estimate of drug-likeness (QED) is 0.686. The molecular weight excluding hydrogens is 318 g/mol. The number of carbonyl (C=O) groups is 2. The zero-order chi connectivity index (χ0) is 17.2. The zero-order valence-corrected chi connectivity index (χ0v) is 13.9. The molecule has 0 unspecified atom stereocenters. The van der Waals surface area contributed by atoms with Crippen LogP contribution in [0.5, 0.6) is 11.5 Å². The molecule has 2 aliphatic heterocycles. The van der Waals surface area contributed by atoms with Gasteiger partial charge in [0, 0.05) is 24.9 Å². The molecule has 128 valence electrons. The average Bonchev–Trinajstić information content (AvgIpc) is 3.04. The lowest BCUT2D eigenvalue weighted by Crippen LogP contribution is -2.29. The Kier molecular flexibility index (Phi) is 4.14. The summed E-state index contributed by atoms with van der Waals surface area (Å²) in [7, 11) is 0. The van der Waals surface area contributed by atoms with Crippen LogP contribution >= 0.6 is 0 Å². The highest BCUT2D eigenvalue weighted by Gasteiger charge is 2.24. The molecule has 0 radical (unpaired) electrons. The molecular formula is C20H19NO4. The van der Waals surface area contributed by atoms with Crippen LogP contribution in [-0.4, -0.2) is 36.5 Å². The molecule has 0 spiro atoms. The van der Waals surface area contributed by atoms with E-state index >= 15 is 0 Å². The van der Waals surface area contributed by atoms with Crippen LogP contribution in [0, 0.1) is 0 Å². The Balaban J connectivity index is 1.46. The molecule has 5 nitrogen and oxygen atoms in total. The average molecular weight is 337 g/mol. The van der Waals surface area contributed by atoms with Gasteiger partial charge >= 0.3 is 5.97 Å². The highest BCUT2D eigenvalue weighted by Crippen LogP contribution is 2.37. The fourth-order valence-electron chi connectivity index (χ4n) is 3.36. The standard InChI is InChI=1S/C20H19NO4/c22-19-9-4-10-21(19)11-12-24-20(23)15-6-3-8-18-16(15)13-14-5-1-2-7-17(14)25-18/h1-3,5-8H,4,9-13H2. The molecule has 0 N–H and O–H groups in total. The molecule has 2 aromatic rings. The van der Waals surface area contributed by atoms with Gasteiger partial charge in [0.2, 0.25) is 5.91 Å². The molecule has 0 aromatic heterocycles. The van der Waals surface area contributed by atoms with Crippen LogP contribution in [0.2, 0.25) is 0 Å². The normalized spacial score (nSPS) is 15.4. The second-order valence-electron chi connectivity index (χ2n) is 6.29. The molecule has 1 fully saturated rings. The molecule has 0 aliphatic carbocycles. The summed E-state index contributed by atoms with van der Waals surface area (Å²) in [5, 5.41) is 0. The van der Waals surface area contributed by atoms with Crippen LogP contribution in [0.15, 0.2) is 42.5 Å². The first-order chi connectivity index (χ1) is 12.2. The second-order valence-corrected chi connectivity index (χ2v) is 6.29. The van der Waals surface area contributed by atoms with E-state index in [9.17, 15) is 9.59 Å². The topological polar surface area (TPSA) is 55.8 Å². The third-order valence-corrected chi connectivity index (χ3v) is 4.68. The van der Waals surface area contributed by atoms with Gasteiger partial charge in [0.25, 0.3) is 0 Å². The summed E-state index contributed by atoms with van der Waals surface area (Å²) in [5.74, 6) is 1.29. The van der Waals surface area contributed by atoms with Gasteiger partial charge in [-0.2, -0.15) is 0 Å². The summed E-state index contributed by atoms with van der Waals surface area (Å²) in [6.45, 7) is 1.42. The molecule has 0 bridgehead atoms. The van der Waals surface area contributed by atoms with Gasteiger partial charge in [0.1, 0.15) is 18.1 Å². The minimum Gasteiger partial charge on any atom is -0.460 e. The van der Waals surface area contributed by atoms with Gasteiger partial charge in [0.15, 0.2) is 0 Å². The Morgan fingerprint density at radius 3 is 2.80 bits per heavy atom. The Bertz CT molecular complexity index is 830. The molecule has 25 heavy (non-hydrogen) atoms. The summed E-state index contributed by atoms with van der Waals surface area (Å²) < 4.78 is 11.3. The molecule has 0 saturated carbocycles. The van der Waals surface area contributed by atoms with Gasteiger partial charge in [-0.15, -0.1) is 0 Å². The first-order valence-electron chi connectivity index (χ1n) is 8.55. The van der Waals surface area contributed by atoms with E-state index in [1.165, 1.54) is 0 Å². The van der Waals surface area contributed by atoms with E-state index in [1.807, 2.05) is 30.3 Å². The number of likely N-dealkylation sites (tertiary alicyclic amines) is 1. The Labute approximate surface area is 146 Å². The minimum absolute atomic E-state index is 0.137. The van der Waals surface area contributed by atoms with Crippen molar-refractivity contribution in [3.8, 4) is 11.5 Å². The monoisotopic (exact) mass is 337 g/mol. The number of hydrogen-bond donors (Lipinski definition) is 0. The maximum atomic E-state index is 12.5. The fraction of sp³-hybridized carbons (Fsp3) is 0.300. The van der Waals surface area contributed by atoms with Gasteiger partial charge in [-0.3, -0.25) is 4.79 Å². The second kappa shape index (κ2) is 6.59. The van der Waals surface area contributed by atoms with E-state index in [-0.39, 0.29) is 18.5 Å². The lowest BCUT2D eigenvalue weighted by atomic mass is 9.96. The van der Waals surface area contributed by atoms with E-state index in [1.54, 1.807) is 17.0 Å². The van der Waals surface area contributed by atoms with Gasteiger partial charge in [-0.05, 0) is 30.2 Å². The van der Waals surface area contributed by atoms with Gasteiger partial charge in [-0.1, -0.05) is 24.3 Å². The summed E-state index contributed by atoms with van der Waals surface area (Å²) in [6, 6.07) is 13.2. The maximum absolute atomic E-state index is 12.5. The predicted molar refractivity (Wildman–Crippen MR) is 91.9 cm³/mol. The summed E-state index contributed by atoms with van der Waals surface area (Å²) in [4.78, 5) is 25.8. The molecule has 1 amide bonds. The number of esters is 1. The number of rotatable bonds is 4. The van der Waals surface area contributed by atoms with Crippen molar-refractivity contribution >= 4 is 11.9 Å². The van der Waals surface area contributed by atoms with Crippen molar-refractivity contribution in [1.82, 2.24) is 4.90 Å². The smallest absolute Gasteiger partial charge is 0.338 e. The van der Waals surface area contributed by atoms with E-state index < -0.39 is 0 Å². The van der Waals surface area contributed by atoms with Crippen molar-refractivity contribution in [3.63, 3.8) is 0 Å². The first kappa shape index (κ1) is 15.7. The van der Waals surface area contributed by atoms with Gasteiger partial charge < -0.3 is 14.4 Å². The van der Waals surface area contributed by atoms with E-state index in [4.69, 9.17) is 9.47 Å². The molecule has 5 heteroatoms. The van der Waals surface area contributed by atoms with Crippen molar-refractivity contribution < 1.29 is 19.1 Å². The van der Waals surface area contributed by atoms with E-state index in [0.717, 1.165) is 29.8 Å². The zero-order valence-electron chi connectivity index (χ0n) is 13.9. The van der Waals surface area contributed by atoms with Crippen molar-refractivity contribution in [2.45, 2.75) is 19.3 Å². The number of para-hydroxylation sites is 1. The van der Waals surface area contributed by atoms with Gasteiger partial charge in [-0.25, -0.2) is 4.79 Å². The third kappa shape index (κ3) is 3.09. The van der Waals surface area contributed by atoms with E-state index in [0.29, 0.717) is 30.7 Å². The highest BCUT2D eigenvalue weighted by atomic mass is 16.5. The SMILES string of the molecule is O=C(OCCN1CCCC1=O)c1cccc2c1Cc1ccccc1O2. The van der Waals surface area contributed by atoms with Crippen LogP contribution in [0.3, 0.4) is 0 Å². The molecule has 4 rings (SSSR count). The lowest BCUT2D eigenvalue weighted by molar-refractivity contribution is -0.128. The van der Waals surface area contributed by atoms with Crippen molar-refractivity contribution in [1.29, 1.82) is 0 Å². The third-order valence-electron chi connectivity index (χ3n) is 4.68. The molecule has 2 aromatic carbocycles. The van der Waals surface area contributed by atoms with Crippen LogP contribution in [0.1, 0.15) is 34.3 Å². The Morgan fingerprint density at radius 2 is 1.96 bits per heavy atom. The number of carbonyl (C=O) groups excluding carboxylic acids is 2. The van der Waals surface area contributed by atoms with Crippen molar-refractivity contribution in [2.24, 2.45) is 0 Å². The Hall–Kier alpha value is -2.82. The van der Waals surface area contributed by atoms with Crippen LogP contribution < -0.4 is 4.74 Å². The predicted octanol–water partition coefficient (Wildman–Crippen LogP) is 3.16. The number of benzene rings is 2. The number of hydrogen-bond acceptors (Lipinski definition) is 4. The number of fused-ring (bicyclic) bond motifs is 2. The molecule has 2 heterocycles. The molecule has 1 saturated heterocycles. The summed E-state index contributed by atoms with van der Waals surface area (Å²) >= 11 is 0.